The van der Waals surface area contributed by atoms with Crippen LogP contribution in [0.15, 0.2) is 69.8 Å². The van der Waals surface area contributed by atoms with Gasteiger partial charge in [0.1, 0.15) is 0 Å². The van der Waals surface area contributed by atoms with E-state index in [2.05, 4.69) is 20.1 Å². The maximum absolute atomic E-state index is 12.9. The summed E-state index contributed by atoms with van der Waals surface area (Å²) in [6.45, 7) is 0.216. The van der Waals surface area contributed by atoms with Crippen LogP contribution in [-0.2, 0) is 16.4 Å². The Labute approximate surface area is 177 Å². The number of aromatic nitrogens is 5. The molecular weight excluding hydrogens is 422 g/mol. The summed E-state index contributed by atoms with van der Waals surface area (Å²) in [5, 5.41) is 4.69. The first-order chi connectivity index (χ1) is 14.9. The smallest absolute Gasteiger partial charge is 0.274 e. The third-order valence-corrected chi connectivity index (χ3v) is 6.20. The number of benzene rings is 1. The fourth-order valence-corrected chi connectivity index (χ4v) is 4.07. The molecule has 31 heavy (non-hydrogen) atoms. The molecule has 4 aromatic rings. The molecule has 0 bridgehead atoms. The van der Waals surface area contributed by atoms with E-state index < -0.39 is 9.84 Å². The van der Waals surface area contributed by atoms with Gasteiger partial charge in [-0.3, -0.25) is 4.79 Å². The Bertz CT molecular complexity index is 1400. The second-order valence-corrected chi connectivity index (χ2v) is 8.36. The number of methoxy groups -OCH3 is 2. The van der Waals surface area contributed by atoms with Crippen LogP contribution in [0.1, 0.15) is 5.56 Å². The lowest BCUT2D eigenvalue weighted by atomic mass is 10.2. The van der Waals surface area contributed by atoms with Gasteiger partial charge in [0.15, 0.2) is 5.03 Å². The van der Waals surface area contributed by atoms with Gasteiger partial charge < -0.3 is 9.47 Å². The molecule has 0 spiro atoms. The van der Waals surface area contributed by atoms with Gasteiger partial charge in [-0.25, -0.2) is 28.1 Å². The summed E-state index contributed by atoms with van der Waals surface area (Å²) in [5.74, 6) is 0.673. The zero-order chi connectivity index (χ0) is 22.0. The summed E-state index contributed by atoms with van der Waals surface area (Å²) in [7, 11) is -0.989. The molecule has 0 aliphatic carbocycles. The van der Waals surface area contributed by atoms with Crippen LogP contribution in [0.25, 0.3) is 10.8 Å². The number of hydrogen-bond acceptors (Lipinski definition) is 9. The van der Waals surface area contributed by atoms with Gasteiger partial charge in [0, 0.05) is 17.6 Å². The summed E-state index contributed by atoms with van der Waals surface area (Å²) >= 11 is 0. The minimum Gasteiger partial charge on any atom is -0.481 e. The highest BCUT2D eigenvalue weighted by Gasteiger charge is 2.21. The lowest BCUT2D eigenvalue weighted by Gasteiger charge is -2.08. The molecule has 0 aliphatic rings. The predicted octanol–water partition coefficient (Wildman–Crippen LogP) is 1.48. The van der Waals surface area contributed by atoms with Crippen LogP contribution in [0.5, 0.6) is 11.8 Å². The van der Waals surface area contributed by atoms with E-state index in [0.29, 0.717) is 16.7 Å². The van der Waals surface area contributed by atoms with Crippen molar-refractivity contribution in [2.75, 3.05) is 14.2 Å². The van der Waals surface area contributed by atoms with Crippen molar-refractivity contribution in [2.45, 2.75) is 16.5 Å². The summed E-state index contributed by atoms with van der Waals surface area (Å²) in [6.07, 6.45) is 5.40. The minimum absolute atomic E-state index is 0.0160. The van der Waals surface area contributed by atoms with Gasteiger partial charge >= 0.3 is 0 Å². The summed E-state index contributed by atoms with van der Waals surface area (Å²) in [6, 6.07) is 7.71. The molecule has 11 heteroatoms. The highest BCUT2D eigenvalue weighted by Crippen LogP contribution is 2.22. The number of ether oxygens (including phenoxy) is 2. The number of pyridine rings is 1. The molecule has 1 aromatic carbocycles. The average Bonchev–Trinajstić information content (AvgIpc) is 2.81. The molecular formula is C20H17N5O5S. The molecule has 4 rings (SSSR count). The molecule has 0 saturated heterocycles. The fourth-order valence-electron chi connectivity index (χ4n) is 2.91. The van der Waals surface area contributed by atoms with Crippen molar-refractivity contribution in [1.29, 1.82) is 0 Å². The van der Waals surface area contributed by atoms with Gasteiger partial charge in [0.05, 0.1) is 49.6 Å². The van der Waals surface area contributed by atoms with Crippen LogP contribution in [0.4, 0.5) is 0 Å². The Morgan fingerprint density at radius 1 is 0.903 bits per heavy atom. The largest absolute Gasteiger partial charge is 0.481 e. The molecule has 0 amide bonds. The first-order valence-electron chi connectivity index (χ1n) is 9.02. The number of sulfone groups is 1. The minimum atomic E-state index is -3.92. The molecule has 0 radical (unpaired) electrons. The van der Waals surface area contributed by atoms with Crippen molar-refractivity contribution in [3.8, 4) is 11.8 Å². The molecule has 0 atom stereocenters. The zero-order valence-corrected chi connectivity index (χ0v) is 17.4. The first-order valence-corrected chi connectivity index (χ1v) is 10.5. The van der Waals surface area contributed by atoms with Gasteiger partial charge in [-0.15, -0.1) is 0 Å². The normalized spacial score (nSPS) is 11.4. The maximum atomic E-state index is 12.9. The van der Waals surface area contributed by atoms with Gasteiger partial charge in [-0.05, 0) is 23.8 Å². The van der Waals surface area contributed by atoms with Crippen LogP contribution in [0, 0.1) is 0 Å². The molecule has 10 nitrogen and oxygen atoms in total. The standard InChI is InChI=1S/C20H17N5O5S/c1-29-17-6-3-13(8-21-17)12-25-20(26)16-5-4-15(7-14(16)9-24-25)31(27,28)19-11-22-18(30-2)10-23-19/h3-11H,12H2,1-2H3. The topological polar surface area (TPSA) is 126 Å². The number of fused-ring (bicyclic) bond motifs is 1. The molecule has 158 valence electrons. The number of hydrogen-bond donors (Lipinski definition) is 0. The lowest BCUT2D eigenvalue weighted by Crippen LogP contribution is -2.23. The molecule has 0 aliphatic heterocycles. The number of rotatable bonds is 6. The second kappa shape index (κ2) is 8.11. The summed E-state index contributed by atoms with van der Waals surface area (Å²) < 4.78 is 36.9. The average molecular weight is 439 g/mol. The van der Waals surface area contributed by atoms with Crippen molar-refractivity contribution < 1.29 is 17.9 Å². The summed E-state index contributed by atoms with van der Waals surface area (Å²) in [5.41, 5.74) is 0.425. The number of nitrogens with zero attached hydrogens (tertiary/aromatic N) is 5. The highest BCUT2D eigenvalue weighted by molar-refractivity contribution is 7.91. The van der Waals surface area contributed by atoms with Crippen LogP contribution in [0.2, 0.25) is 0 Å². The maximum Gasteiger partial charge on any atom is 0.274 e. The van der Waals surface area contributed by atoms with Gasteiger partial charge in [-0.1, -0.05) is 6.07 Å². The highest BCUT2D eigenvalue weighted by atomic mass is 32.2. The zero-order valence-electron chi connectivity index (χ0n) is 16.6. The van der Waals surface area contributed by atoms with Crippen molar-refractivity contribution >= 4 is 20.6 Å². The predicted molar refractivity (Wildman–Crippen MR) is 110 cm³/mol. The van der Waals surface area contributed by atoms with Gasteiger partial charge in [0.2, 0.25) is 21.6 Å². The lowest BCUT2D eigenvalue weighted by molar-refractivity contribution is 0.394. The van der Waals surface area contributed by atoms with Crippen LogP contribution in [0.3, 0.4) is 0 Å². The SMILES string of the molecule is COc1ccc(Cn2ncc3cc(S(=O)(=O)c4cnc(OC)cn4)ccc3c2=O)cn1. The van der Waals surface area contributed by atoms with Crippen molar-refractivity contribution in [1.82, 2.24) is 24.7 Å². The Kier molecular flexibility index (Phi) is 5.34. The second-order valence-electron chi connectivity index (χ2n) is 6.47. The van der Waals surface area contributed by atoms with E-state index in [9.17, 15) is 13.2 Å². The van der Waals surface area contributed by atoms with E-state index in [4.69, 9.17) is 9.47 Å². The third-order valence-electron chi connectivity index (χ3n) is 4.56. The van der Waals surface area contributed by atoms with E-state index in [1.807, 2.05) is 0 Å². The Hall–Kier alpha value is -3.86. The van der Waals surface area contributed by atoms with Crippen LogP contribution < -0.4 is 15.0 Å². The first kappa shape index (κ1) is 20.4. The van der Waals surface area contributed by atoms with Gasteiger partial charge in [-0.2, -0.15) is 5.10 Å². The van der Waals surface area contributed by atoms with Crippen LogP contribution in [-0.4, -0.2) is 47.4 Å². The molecule has 3 aromatic heterocycles. The molecule has 0 saturated carbocycles. The Morgan fingerprint density at radius 2 is 1.68 bits per heavy atom. The van der Waals surface area contributed by atoms with E-state index in [-0.39, 0.29) is 27.9 Å². The monoisotopic (exact) mass is 439 g/mol. The van der Waals surface area contributed by atoms with Crippen molar-refractivity contribution in [3.05, 3.63) is 71.0 Å². The van der Waals surface area contributed by atoms with E-state index >= 15 is 0 Å². The van der Waals surface area contributed by atoms with E-state index in [0.717, 1.165) is 11.8 Å². The van der Waals surface area contributed by atoms with E-state index in [1.165, 1.54) is 49.5 Å². The van der Waals surface area contributed by atoms with Crippen molar-refractivity contribution in [2.24, 2.45) is 0 Å². The van der Waals surface area contributed by atoms with Crippen LogP contribution >= 0.6 is 0 Å². The Morgan fingerprint density at radius 3 is 2.32 bits per heavy atom. The Balaban J connectivity index is 1.68. The fraction of sp³-hybridized carbons (Fsp3) is 0.150. The van der Waals surface area contributed by atoms with E-state index in [1.54, 1.807) is 18.3 Å². The molecule has 0 unspecified atom stereocenters. The summed E-state index contributed by atoms with van der Waals surface area (Å²) in [4.78, 5) is 24.7. The molecule has 0 fully saturated rings. The van der Waals surface area contributed by atoms with Gasteiger partial charge in [0.25, 0.3) is 5.56 Å². The molecule has 0 N–H and O–H groups in total. The molecule has 3 heterocycles. The van der Waals surface area contributed by atoms with Crippen molar-refractivity contribution in [3.63, 3.8) is 0 Å². The quantitative estimate of drug-likeness (QED) is 0.439. The third kappa shape index (κ3) is 3.94.